The summed E-state index contributed by atoms with van der Waals surface area (Å²) in [6, 6.07) is 0. The van der Waals surface area contributed by atoms with Crippen LogP contribution in [0.2, 0.25) is 0 Å². The first-order chi connectivity index (χ1) is 7.26. The van der Waals surface area contributed by atoms with Crippen molar-refractivity contribution in [3.63, 3.8) is 0 Å². The number of rotatable bonds is 6. The van der Waals surface area contributed by atoms with Crippen molar-refractivity contribution in [1.82, 2.24) is 0 Å². The molecule has 0 aromatic rings. The van der Waals surface area contributed by atoms with Crippen molar-refractivity contribution in [3.8, 4) is 0 Å². The Bertz CT molecular complexity index is 151. The van der Waals surface area contributed by atoms with E-state index in [1.54, 1.807) is 0 Å². The monoisotopic (exact) mass is 230 g/mol. The molecule has 0 bridgehead atoms. The maximum absolute atomic E-state index is 10.0. The molecule has 1 heterocycles. The van der Waals surface area contributed by atoms with E-state index in [9.17, 15) is 5.11 Å². The number of aliphatic hydroxyl groups excluding tert-OH is 1. The van der Waals surface area contributed by atoms with Gasteiger partial charge in [-0.3, -0.25) is 0 Å². The van der Waals surface area contributed by atoms with E-state index in [-0.39, 0.29) is 6.10 Å². The zero-order valence-electron chi connectivity index (χ0n) is 10.2. The quantitative estimate of drug-likeness (QED) is 0.750. The van der Waals surface area contributed by atoms with Gasteiger partial charge in [-0.15, -0.1) is 0 Å². The molecule has 1 atom stereocenters. The zero-order chi connectivity index (χ0) is 11.1. The number of thioether (sulfide) groups is 1. The Morgan fingerprint density at radius 2 is 1.80 bits per heavy atom. The lowest BCUT2D eigenvalue weighted by molar-refractivity contribution is 0.109. The van der Waals surface area contributed by atoms with Gasteiger partial charge < -0.3 is 5.11 Å². The number of hydrogen-bond acceptors (Lipinski definition) is 2. The minimum Gasteiger partial charge on any atom is -0.393 e. The van der Waals surface area contributed by atoms with Gasteiger partial charge in [-0.2, -0.15) is 11.8 Å². The first kappa shape index (κ1) is 13.4. The molecular formula is C13H26OS. The summed E-state index contributed by atoms with van der Waals surface area (Å²) in [5, 5.41) is 10.0. The smallest absolute Gasteiger partial charge is 0.0545 e. The Labute approximate surface area is 99.0 Å². The van der Waals surface area contributed by atoms with Crippen molar-refractivity contribution >= 4 is 11.8 Å². The van der Waals surface area contributed by atoms with Gasteiger partial charge in [0.1, 0.15) is 0 Å². The predicted molar refractivity (Wildman–Crippen MR) is 69.4 cm³/mol. The Balaban J connectivity index is 2.18. The molecule has 0 spiro atoms. The van der Waals surface area contributed by atoms with Gasteiger partial charge in [0.2, 0.25) is 0 Å². The summed E-state index contributed by atoms with van der Waals surface area (Å²) in [5.74, 6) is 4.15. The van der Waals surface area contributed by atoms with Crippen LogP contribution >= 0.6 is 11.8 Å². The summed E-state index contributed by atoms with van der Waals surface area (Å²) >= 11 is 2.07. The van der Waals surface area contributed by atoms with Crippen molar-refractivity contribution in [1.29, 1.82) is 0 Å². The third-order valence-corrected chi connectivity index (χ3v) is 4.76. The highest BCUT2D eigenvalue weighted by Gasteiger charge is 2.19. The van der Waals surface area contributed by atoms with E-state index in [0.29, 0.717) is 0 Å². The number of hydrogen-bond donors (Lipinski definition) is 1. The molecule has 1 fully saturated rings. The second-order valence-corrected chi connectivity index (χ2v) is 6.09. The van der Waals surface area contributed by atoms with Crippen LogP contribution in [0.4, 0.5) is 0 Å². The maximum atomic E-state index is 10.0. The summed E-state index contributed by atoms with van der Waals surface area (Å²) in [4.78, 5) is 0. The molecule has 0 aromatic heterocycles. The van der Waals surface area contributed by atoms with Crippen molar-refractivity contribution in [2.45, 2.75) is 58.5 Å². The first-order valence-corrected chi connectivity index (χ1v) is 7.67. The lowest BCUT2D eigenvalue weighted by Crippen LogP contribution is -2.20. The van der Waals surface area contributed by atoms with Crippen molar-refractivity contribution in [3.05, 3.63) is 0 Å². The maximum Gasteiger partial charge on any atom is 0.0545 e. The average molecular weight is 230 g/mol. The van der Waals surface area contributed by atoms with E-state index in [2.05, 4.69) is 25.6 Å². The molecule has 1 saturated heterocycles. The zero-order valence-corrected chi connectivity index (χ0v) is 11.1. The molecule has 1 rings (SSSR count). The first-order valence-electron chi connectivity index (χ1n) is 6.52. The van der Waals surface area contributed by atoms with Crippen molar-refractivity contribution in [2.24, 2.45) is 11.8 Å². The summed E-state index contributed by atoms with van der Waals surface area (Å²) in [7, 11) is 0. The molecule has 0 aromatic carbocycles. The van der Waals surface area contributed by atoms with Crippen molar-refractivity contribution < 1.29 is 5.11 Å². The van der Waals surface area contributed by atoms with Gasteiger partial charge in [0.05, 0.1) is 6.10 Å². The minimum atomic E-state index is -0.0389. The van der Waals surface area contributed by atoms with Gasteiger partial charge in [-0.05, 0) is 49.0 Å². The largest absolute Gasteiger partial charge is 0.393 e. The Morgan fingerprint density at radius 1 is 1.20 bits per heavy atom. The van der Waals surface area contributed by atoms with Gasteiger partial charge in [0.25, 0.3) is 0 Å². The van der Waals surface area contributed by atoms with Gasteiger partial charge in [0, 0.05) is 0 Å². The fraction of sp³-hybridized carbons (Fsp3) is 1.00. The molecule has 90 valence electrons. The standard InChI is InChI=1S/C13H26OS/c1-3-11(4-2)9-13(14)10-12-5-7-15-8-6-12/h11-14H,3-10H2,1-2H3. The molecular weight excluding hydrogens is 204 g/mol. The second-order valence-electron chi connectivity index (χ2n) is 4.86. The molecule has 1 unspecified atom stereocenters. The fourth-order valence-electron chi connectivity index (χ4n) is 2.47. The predicted octanol–water partition coefficient (Wildman–Crippen LogP) is 3.71. The van der Waals surface area contributed by atoms with Crippen LogP contribution in [0, 0.1) is 11.8 Å². The van der Waals surface area contributed by atoms with Crippen LogP contribution in [-0.2, 0) is 0 Å². The van der Waals surface area contributed by atoms with Gasteiger partial charge in [-0.25, -0.2) is 0 Å². The van der Waals surface area contributed by atoms with Crippen LogP contribution in [0.25, 0.3) is 0 Å². The Kier molecular flexibility index (Phi) is 6.74. The highest BCUT2D eigenvalue weighted by molar-refractivity contribution is 7.99. The van der Waals surface area contributed by atoms with E-state index >= 15 is 0 Å². The van der Waals surface area contributed by atoms with Gasteiger partial charge in [-0.1, -0.05) is 26.7 Å². The van der Waals surface area contributed by atoms with Crippen LogP contribution < -0.4 is 0 Å². The molecule has 0 radical (unpaired) electrons. The fourth-order valence-corrected chi connectivity index (χ4v) is 3.67. The normalized spacial score (nSPS) is 20.8. The molecule has 1 aliphatic rings. The van der Waals surface area contributed by atoms with Crippen LogP contribution in [0.3, 0.4) is 0 Å². The Morgan fingerprint density at radius 3 is 2.33 bits per heavy atom. The molecule has 0 saturated carbocycles. The van der Waals surface area contributed by atoms with E-state index in [0.717, 1.165) is 24.7 Å². The molecule has 1 nitrogen and oxygen atoms in total. The van der Waals surface area contributed by atoms with Gasteiger partial charge in [0.15, 0.2) is 0 Å². The third kappa shape index (κ3) is 5.26. The highest BCUT2D eigenvalue weighted by atomic mass is 32.2. The third-order valence-electron chi connectivity index (χ3n) is 3.71. The van der Waals surface area contributed by atoms with Crippen molar-refractivity contribution in [2.75, 3.05) is 11.5 Å². The Hall–Kier alpha value is 0.310. The van der Waals surface area contributed by atoms with Crippen LogP contribution in [0.5, 0.6) is 0 Å². The number of aliphatic hydroxyl groups is 1. The topological polar surface area (TPSA) is 20.2 Å². The molecule has 1 aliphatic heterocycles. The summed E-state index contributed by atoms with van der Waals surface area (Å²) in [5.41, 5.74) is 0. The lowest BCUT2D eigenvalue weighted by atomic mass is 9.89. The van der Waals surface area contributed by atoms with E-state index in [1.165, 1.54) is 37.2 Å². The van der Waals surface area contributed by atoms with E-state index in [4.69, 9.17) is 0 Å². The minimum absolute atomic E-state index is 0.0389. The molecule has 15 heavy (non-hydrogen) atoms. The highest BCUT2D eigenvalue weighted by Crippen LogP contribution is 2.28. The second kappa shape index (κ2) is 7.56. The molecule has 2 heteroatoms. The van der Waals surface area contributed by atoms with E-state index < -0.39 is 0 Å². The SMILES string of the molecule is CCC(CC)CC(O)CC1CCSCC1. The molecule has 0 aliphatic carbocycles. The summed E-state index contributed by atoms with van der Waals surface area (Å²) in [6.07, 6.45) is 7.12. The average Bonchev–Trinajstić information content (AvgIpc) is 2.27. The van der Waals surface area contributed by atoms with Gasteiger partial charge >= 0.3 is 0 Å². The van der Waals surface area contributed by atoms with Crippen LogP contribution in [0.15, 0.2) is 0 Å². The molecule has 0 amide bonds. The summed E-state index contributed by atoms with van der Waals surface area (Å²) < 4.78 is 0. The van der Waals surface area contributed by atoms with Crippen LogP contribution in [0.1, 0.15) is 52.4 Å². The summed E-state index contributed by atoms with van der Waals surface area (Å²) in [6.45, 7) is 4.47. The molecule has 1 N–H and O–H groups in total. The lowest BCUT2D eigenvalue weighted by Gasteiger charge is -2.25. The van der Waals surface area contributed by atoms with E-state index in [1.807, 2.05) is 0 Å². The van der Waals surface area contributed by atoms with Crippen LogP contribution in [-0.4, -0.2) is 22.7 Å².